The van der Waals surface area contributed by atoms with E-state index in [1.165, 1.54) is 5.56 Å². The molecule has 150 valence electrons. The van der Waals surface area contributed by atoms with Crippen molar-refractivity contribution < 1.29 is 10.0 Å². The molecule has 0 fully saturated rings. The summed E-state index contributed by atoms with van der Waals surface area (Å²) in [6, 6.07) is 24.8. The molecule has 0 atom stereocenters. The number of aryl methyl sites for hydroxylation is 1. The SMILES string of the molecule is Cc1ccc(-n2nc(-c3ccccc3)nc2CNc2ccc(C(=O)NO)cc2)cc1. The first-order valence-electron chi connectivity index (χ1n) is 9.51. The number of aromatic nitrogens is 3. The zero-order valence-corrected chi connectivity index (χ0v) is 16.4. The Morgan fingerprint density at radius 3 is 2.33 bits per heavy atom. The van der Waals surface area contributed by atoms with E-state index in [9.17, 15) is 4.79 Å². The number of carbonyl (C=O) groups excluding carboxylic acids is 1. The van der Waals surface area contributed by atoms with Gasteiger partial charge in [-0.05, 0) is 43.3 Å². The first kappa shape index (κ1) is 19.4. The predicted octanol–water partition coefficient (Wildman–Crippen LogP) is 3.97. The first-order chi connectivity index (χ1) is 14.6. The van der Waals surface area contributed by atoms with Crippen molar-refractivity contribution in [2.75, 3.05) is 5.32 Å². The fourth-order valence-electron chi connectivity index (χ4n) is 3.05. The van der Waals surface area contributed by atoms with E-state index >= 15 is 0 Å². The maximum atomic E-state index is 11.5. The molecular weight excluding hydrogens is 378 g/mol. The van der Waals surface area contributed by atoms with Gasteiger partial charge in [0.2, 0.25) is 0 Å². The largest absolute Gasteiger partial charge is 0.378 e. The lowest BCUT2D eigenvalue weighted by atomic mass is 10.2. The molecule has 7 nitrogen and oxygen atoms in total. The molecule has 4 aromatic rings. The molecule has 1 aromatic heterocycles. The van der Waals surface area contributed by atoms with Crippen LogP contribution in [0.15, 0.2) is 78.9 Å². The van der Waals surface area contributed by atoms with Crippen LogP contribution in [0.5, 0.6) is 0 Å². The minimum atomic E-state index is -0.548. The Morgan fingerprint density at radius 2 is 1.67 bits per heavy atom. The molecule has 0 bridgehead atoms. The average Bonchev–Trinajstić information content (AvgIpc) is 3.23. The van der Waals surface area contributed by atoms with Crippen molar-refractivity contribution in [1.29, 1.82) is 0 Å². The maximum absolute atomic E-state index is 11.5. The highest BCUT2D eigenvalue weighted by Crippen LogP contribution is 2.20. The lowest BCUT2D eigenvalue weighted by Gasteiger charge is -2.09. The number of hydroxylamine groups is 1. The van der Waals surface area contributed by atoms with Crippen LogP contribution in [0.4, 0.5) is 5.69 Å². The lowest BCUT2D eigenvalue weighted by molar-refractivity contribution is 0.0706. The van der Waals surface area contributed by atoms with Gasteiger partial charge in [-0.3, -0.25) is 10.0 Å². The van der Waals surface area contributed by atoms with Gasteiger partial charge in [-0.2, -0.15) is 0 Å². The summed E-state index contributed by atoms with van der Waals surface area (Å²) in [7, 11) is 0. The summed E-state index contributed by atoms with van der Waals surface area (Å²) < 4.78 is 1.84. The minimum absolute atomic E-state index is 0.372. The first-order valence-corrected chi connectivity index (χ1v) is 9.51. The van der Waals surface area contributed by atoms with Gasteiger partial charge in [0, 0.05) is 16.8 Å². The fourth-order valence-corrected chi connectivity index (χ4v) is 3.05. The molecule has 0 saturated heterocycles. The van der Waals surface area contributed by atoms with Crippen LogP contribution in [0.25, 0.3) is 17.1 Å². The summed E-state index contributed by atoms with van der Waals surface area (Å²) in [4.78, 5) is 16.2. The summed E-state index contributed by atoms with van der Waals surface area (Å²) in [5.74, 6) is 0.867. The van der Waals surface area contributed by atoms with Crippen LogP contribution in [-0.2, 0) is 6.54 Å². The van der Waals surface area contributed by atoms with E-state index in [1.807, 2.05) is 66.2 Å². The third kappa shape index (κ3) is 4.21. The number of hydrogen-bond acceptors (Lipinski definition) is 5. The summed E-state index contributed by atoms with van der Waals surface area (Å²) in [5.41, 5.74) is 5.88. The van der Waals surface area contributed by atoms with Crippen LogP contribution < -0.4 is 10.8 Å². The molecular formula is C23H21N5O2. The van der Waals surface area contributed by atoms with Crippen LogP contribution in [0.2, 0.25) is 0 Å². The molecule has 3 aromatic carbocycles. The molecule has 3 N–H and O–H groups in total. The van der Waals surface area contributed by atoms with Crippen molar-refractivity contribution in [2.24, 2.45) is 0 Å². The smallest absolute Gasteiger partial charge is 0.274 e. The van der Waals surface area contributed by atoms with E-state index in [2.05, 4.69) is 5.32 Å². The van der Waals surface area contributed by atoms with E-state index < -0.39 is 5.91 Å². The number of anilines is 1. The quantitative estimate of drug-likeness (QED) is 0.337. The second kappa shape index (κ2) is 8.59. The Kier molecular flexibility index (Phi) is 5.54. The van der Waals surface area contributed by atoms with Crippen molar-refractivity contribution in [1.82, 2.24) is 20.2 Å². The monoisotopic (exact) mass is 399 g/mol. The fraction of sp³-hybridized carbons (Fsp3) is 0.0870. The van der Waals surface area contributed by atoms with Crippen LogP contribution >= 0.6 is 0 Å². The number of carbonyl (C=O) groups is 1. The summed E-state index contributed by atoms with van der Waals surface area (Å²) >= 11 is 0. The molecule has 30 heavy (non-hydrogen) atoms. The third-order valence-corrected chi connectivity index (χ3v) is 4.68. The standard InChI is InChI=1S/C23H21N5O2/c1-16-7-13-20(14-8-16)28-21(25-22(26-28)17-5-3-2-4-6-17)15-24-19-11-9-18(10-12-19)23(29)27-30/h2-14,24,30H,15H2,1H3,(H,27,29). The average molecular weight is 399 g/mol. The second-order valence-corrected chi connectivity index (χ2v) is 6.84. The molecule has 7 heteroatoms. The van der Waals surface area contributed by atoms with Gasteiger partial charge < -0.3 is 5.32 Å². The van der Waals surface area contributed by atoms with Crippen molar-refractivity contribution in [3.05, 3.63) is 95.8 Å². The number of hydrogen-bond donors (Lipinski definition) is 3. The van der Waals surface area contributed by atoms with Gasteiger partial charge >= 0.3 is 0 Å². The number of nitrogens with one attached hydrogen (secondary N) is 2. The van der Waals surface area contributed by atoms with E-state index in [1.54, 1.807) is 29.7 Å². The van der Waals surface area contributed by atoms with Crippen molar-refractivity contribution in [3.63, 3.8) is 0 Å². The minimum Gasteiger partial charge on any atom is -0.378 e. The molecule has 1 amide bonds. The van der Waals surface area contributed by atoms with E-state index in [4.69, 9.17) is 15.3 Å². The summed E-state index contributed by atoms with van der Waals surface area (Å²) in [6.45, 7) is 2.49. The molecule has 4 rings (SSSR count). The Bertz CT molecular complexity index is 1140. The number of rotatable bonds is 6. The summed E-state index contributed by atoms with van der Waals surface area (Å²) in [5, 5.41) is 16.8. The zero-order chi connectivity index (χ0) is 20.9. The molecule has 0 spiro atoms. The van der Waals surface area contributed by atoms with Gasteiger partial charge in [-0.1, -0.05) is 48.0 Å². The molecule has 0 aliphatic rings. The van der Waals surface area contributed by atoms with Crippen LogP contribution in [0.3, 0.4) is 0 Å². The highest BCUT2D eigenvalue weighted by atomic mass is 16.5. The Hall–Kier alpha value is -3.97. The van der Waals surface area contributed by atoms with Gasteiger partial charge in [-0.15, -0.1) is 5.10 Å². The highest BCUT2D eigenvalue weighted by Gasteiger charge is 2.13. The predicted molar refractivity (Wildman–Crippen MR) is 115 cm³/mol. The number of benzene rings is 3. The Balaban J connectivity index is 1.61. The van der Waals surface area contributed by atoms with E-state index in [0.29, 0.717) is 17.9 Å². The topological polar surface area (TPSA) is 92.1 Å². The van der Waals surface area contributed by atoms with E-state index in [0.717, 1.165) is 22.8 Å². The van der Waals surface area contributed by atoms with E-state index in [-0.39, 0.29) is 0 Å². The molecule has 0 aliphatic heterocycles. The number of amides is 1. The van der Waals surface area contributed by atoms with Crippen LogP contribution in [0.1, 0.15) is 21.7 Å². The van der Waals surface area contributed by atoms with Gasteiger partial charge in [0.25, 0.3) is 5.91 Å². The zero-order valence-electron chi connectivity index (χ0n) is 16.4. The van der Waals surface area contributed by atoms with Gasteiger partial charge in [0.15, 0.2) is 11.6 Å². The summed E-state index contributed by atoms with van der Waals surface area (Å²) in [6.07, 6.45) is 0. The van der Waals surface area contributed by atoms with Crippen LogP contribution in [0, 0.1) is 6.92 Å². The van der Waals surface area contributed by atoms with Crippen molar-refractivity contribution in [3.8, 4) is 17.1 Å². The molecule has 0 saturated carbocycles. The van der Waals surface area contributed by atoms with Crippen molar-refractivity contribution in [2.45, 2.75) is 13.5 Å². The van der Waals surface area contributed by atoms with Gasteiger partial charge in [0.1, 0.15) is 0 Å². The molecule has 1 heterocycles. The number of nitrogens with zero attached hydrogens (tertiary/aromatic N) is 3. The maximum Gasteiger partial charge on any atom is 0.274 e. The third-order valence-electron chi connectivity index (χ3n) is 4.68. The normalized spacial score (nSPS) is 10.6. The molecule has 0 unspecified atom stereocenters. The molecule has 0 radical (unpaired) electrons. The Morgan fingerprint density at radius 1 is 0.967 bits per heavy atom. The second-order valence-electron chi connectivity index (χ2n) is 6.84. The Labute approximate surface area is 174 Å². The van der Waals surface area contributed by atoms with Gasteiger partial charge in [0.05, 0.1) is 12.2 Å². The van der Waals surface area contributed by atoms with Crippen LogP contribution in [-0.4, -0.2) is 25.9 Å². The lowest BCUT2D eigenvalue weighted by Crippen LogP contribution is -2.18. The highest BCUT2D eigenvalue weighted by molar-refractivity contribution is 5.93. The van der Waals surface area contributed by atoms with Gasteiger partial charge in [-0.25, -0.2) is 15.1 Å². The molecule has 0 aliphatic carbocycles. The van der Waals surface area contributed by atoms with Crippen molar-refractivity contribution >= 4 is 11.6 Å².